The molecule has 1 fully saturated rings. The zero-order valence-corrected chi connectivity index (χ0v) is 14.7. The Morgan fingerprint density at radius 3 is 2.88 bits per heavy atom. The van der Waals surface area contributed by atoms with Crippen molar-refractivity contribution in [3.63, 3.8) is 0 Å². The van der Waals surface area contributed by atoms with Crippen LogP contribution < -0.4 is 0 Å². The Labute approximate surface area is 144 Å². The van der Waals surface area contributed by atoms with E-state index in [0.29, 0.717) is 17.7 Å². The maximum atomic E-state index is 12.8. The van der Waals surface area contributed by atoms with Crippen LogP contribution in [0.1, 0.15) is 54.9 Å². The fourth-order valence-electron chi connectivity index (χ4n) is 3.54. The van der Waals surface area contributed by atoms with E-state index in [2.05, 4.69) is 48.3 Å². The lowest BCUT2D eigenvalue weighted by atomic mass is 10.0. The van der Waals surface area contributed by atoms with Crippen LogP contribution in [-0.4, -0.2) is 33.6 Å². The van der Waals surface area contributed by atoms with Gasteiger partial charge in [-0.1, -0.05) is 44.2 Å². The predicted octanol–water partition coefficient (Wildman–Crippen LogP) is 3.85. The molecule has 1 atom stereocenters. The molecule has 1 aliphatic heterocycles. The third-order valence-corrected chi connectivity index (χ3v) is 4.73. The monoisotopic (exact) mass is 325 g/mol. The van der Waals surface area contributed by atoms with Gasteiger partial charge in [0.15, 0.2) is 0 Å². The van der Waals surface area contributed by atoms with Crippen molar-refractivity contribution < 1.29 is 4.79 Å². The van der Waals surface area contributed by atoms with E-state index >= 15 is 0 Å². The number of H-pyrrole nitrogens is 1. The quantitative estimate of drug-likeness (QED) is 0.877. The molecule has 0 bridgehead atoms. The Morgan fingerprint density at radius 1 is 1.33 bits per heavy atom. The third kappa shape index (κ3) is 4.05. The number of benzene rings is 1. The first-order valence-corrected chi connectivity index (χ1v) is 9.02. The standard InChI is InChI=1S/C20H27N3O/c1-15(2)13-17-14-19(22-21-17)20(24)23-12-6-9-18(23)11-10-16-7-4-3-5-8-16/h3-5,7-8,14-15,18H,6,9-13H2,1-2H3,(H,21,22). The minimum absolute atomic E-state index is 0.0804. The number of aromatic amines is 1. The van der Waals surface area contributed by atoms with Crippen LogP contribution >= 0.6 is 0 Å². The van der Waals surface area contributed by atoms with Gasteiger partial charge in [-0.2, -0.15) is 5.10 Å². The summed E-state index contributed by atoms with van der Waals surface area (Å²) in [5.41, 5.74) is 2.96. The third-order valence-electron chi connectivity index (χ3n) is 4.73. The number of aryl methyl sites for hydroxylation is 1. The Balaban J connectivity index is 1.62. The fourth-order valence-corrected chi connectivity index (χ4v) is 3.54. The Bertz CT molecular complexity index is 663. The van der Waals surface area contributed by atoms with Gasteiger partial charge in [-0.25, -0.2) is 0 Å². The molecule has 1 aromatic heterocycles. The second-order valence-corrected chi connectivity index (χ2v) is 7.20. The molecule has 4 heteroatoms. The van der Waals surface area contributed by atoms with Crippen LogP contribution in [0, 0.1) is 5.92 Å². The van der Waals surface area contributed by atoms with Crippen molar-refractivity contribution in [2.75, 3.05) is 6.54 Å². The largest absolute Gasteiger partial charge is 0.334 e. The molecule has 2 heterocycles. The molecule has 1 amide bonds. The number of rotatable bonds is 6. The van der Waals surface area contributed by atoms with E-state index in [4.69, 9.17) is 0 Å². The number of carbonyl (C=O) groups is 1. The smallest absolute Gasteiger partial charge is 0.274 e. The number of aromatic nitrogens is 2. The van der Waals surface area contributed by atoms with Gasteiger partial charge in [0.1, 0.15) is 5.69 Å². The van der Waals surface area contributed by atoms with Crippen molar-refractivity contribution in [2.45, 2.75) is 52.0 Å². The van der Waals surface area contributed by atoms with E-state index in [-0.39, 0.29) is 5.91 Å². The van der Waals surface area contributed by atoms with Crippen molar-refractivity contribution >= 4 is 5.91 Å². The number of nitrogens with zero attached hydrogens (tertiary/aromatic N) is 2. The summed E-state index contributed by atoms with van der Waals surface area (Å²) in [6.07, 6.45) is 5.17. The van der Waals surface area contributed by atoms with E-state index < -0.39 is 0 Å². The number of hydrogen-bond acceptors (Lipinski definition) is 2. The highest BCUT2D eigenvalue weighted by Crippen LogP contribution is 2.24. The topological polar surface area (TPSA) is 49.0 Å². The average Bonchev–Trinajstić information content (AvgIpc) is 3.22. The highest BCUT2D eigenvalue weighted by Gasteiger charge is 2.30. The Morgan fingerprint density at radius 2 is 2.12 bits per heavy atom. The van der Waals surface area contributed by atoms with Gasteiger partial charge < -0.3 is 4.90 Å². The molecular weight excluding hydrogens is 298 g/mol. The first-order chi connectivity index (χ1) is 11.6. The van der Waals surface area contributed by atoms with Crippen LogP contribution in [0.5, 0.6) is 0 Å². The molecule has 0 radical (unpaired) electrons. The predicted molar refractivity (Wildman–Crippen MR) is 96.0 cm³/mol. The summed E-state index contributed by atoms with van der Waals surface area (Å²) in [7, 11) is 0. The summed E-state index contributed by atoms with van der Waals surface area (Å²) < 4.78 is 0. The van der Waals surface area contributed by atoms with Gasteiger partial charge >= 0.3 is 0 Å². The SMILES string of the molecule is CC(C)Cc1cc(C(=O)N2CCCC2CCc2ccccc2)n[nH]1. The van der Waals surface area contributed by atoms with E-state index in [9.17, 15) is 4.79 Å². The van der Waals surface area contributed by atoms with Crippen molar-refractivity contribution in [1.29, 1.82) is 0 Å². The molecular formula is C20H27N3O. The van der Waals surface area contributed by atoms with Crippen molar-refractivity contribution in [2.24, 2.45) is 5.92 Å². The molecule has 24 heavy (non-hydrogen) atoms. The minimum Gasteiger partial charge on any atom is -0.334 e. The lowest BCUT2D eigenvalue weighted by molar-refractivity contribution is 0.0724. The molecule has 4 nitrogen and oxygen atoms in total. The van der Waals surface area contributed by atoms with Crippen molar-refractivity contribution in [1.82, 2.24) is 15.1 Å². The van der Waals surface area contributed by atoms with Crippen molar-refractivity contribution in [3.8, 4) is 0 Å². The van der Waals surface area contributed by atoms with Crippen LogP contribution in [0.15, 0.2) is 36.4 Å². The van der Waals surface area contributed by atoms with Crippen LogP contribution in [0.25, 0.3) is 0 Å². The summed E-state index contributed by atoms with van der Waals surface area (Å²) in [5.74, 6) is 0.635. The molecule has 1 unspecified atom stereocenters. The van der Waals surface area contributed by atoms with E-state index in [0.717, 1.165) is 44.3 Å². The van der Waals surface area contributed by atoms with E-state index in [1.54, 1.807) is 0 Å². The van der Waals surface area contributed by atoms with Crippen LogP contribution in [0.4, 0.5) is 0 Å². The molecule has 3 rings (SSSR count). The molecule has 0 aliphatic carbocycles. The molecule has 1 aromatic carbocycles. The number of likely N-dealkylation sites (tertiary alicyclic amines) is 1. The molecule has 2 aromatic rings. The number of amides is 1. The highest BCUT2D eigenvalue weighted by atomic mass is 16.2. The maximum absolute atomic E-state index is 12.8. The first kappa shape index (κ1) is 16.7. The summed E-state index contributed by atoms with van der Waals surface area (Å²) in [4.78, 5) is 14.8. The zero-order valence-electron chi connectivity index (χ0n) is 14.7. The second-order valence-electron chi connectivity index (χ2n) is 7.20. The van der Waals surface area contributed by atoms with E-state index in [1.165, 1.54) is 5.56 Å². The second kappa shape index (κ2) is 7.65. The lowest BCUT2D eigenvalue weighted by Crippen LogP contribution is -2.36. The van der Waals surface area contributed by atoms with Gasteiger partial charge in [0, 0.05) is 18.3 Å². The summed E-state index contributed by atoms with van der Waals surface area (Å²) in [6.45, 7) is 5.19. The molecule has 128 valence electrons. The molecule has 1 aliphatic rings. The fraction of sp³-hybridized carbons (Fsp3) is 0.500. The van der Waals surface area contributed by atoms with Gasteiger partial charge in [-0.3, -0.25) is 9.89 Å². The normalized spacial score (nSPS) is 17.6. The van der Waals surface area contributed by atoms with Gasteiger partial charge in [0.2, 0.25) is 0 Å². The Hall–Kier alpha value is -2.10. The highest BCUT2D eigenvalue weighted by molar-refractivity contribution is 5.92. The van der Waals surface area contributed by atoms with Gasteiger partial charge in [0.25, 0.3) is 5.91 Å². The van der Waals surface area contributed by atoms with Gasteiger partial charge in [-0.15, -0.1) is 0 Å². The first-order valence-electron chi connectivity index (χ1n) is 9.02. The lowest BCUT2D eigenvalue weighted by Gasteiger charge is -2.24. The van der Waals surface area contributed by atoms with E-state index in [1.807, 2.05) is 17.0 Å². The zero-order chi connectivity index (χ0) is 16.9. The Kier molecular flexibility index (Phi) is 5.34. The number of carbonyl (C=O) groups excluding carboxylic acids is 1. The average molecular weight is 325 g/mol. The number of nitrogens with one attached hydrogen (secondary N) is 1. The van der Waals surface area contributed by atoms with Crippen LogP contribution in [-0.2, 0) is 12.8 Å². The van der Waals surface area contributed by atoms with Gasteiger partial charge in [0.05, 0.1) is 0 Å². The molecule has 0 saturated carbocycles. The number of hydrogen-bond donors (Lipinski definition) is 1. The van der Waals surface area contributed by atoms with Gasteiger partial charge in [-0.05, 0) is 49.7 Å². The summed E-state index contributed by atoms with van der Waals surface area (Å²) >= 11 is 0. The molecule has 1 N–H and O–H groups in total. The van der Waals surface area contributed by atoms with Crippen LogP contribution in [0.2, 0.25) is 0 Å². The summed E-state index contributed by atoms with van der Waals surface area (Å²) in [6, 6.07) is 12.8. The van der Waals surface area contributed by atoms with Crippen molar-refractivity contribution in [3.05, 3.63) is 53.3 Å². The minimum atomic E-state index is 0.0804. The molecule has 0 spiro atoms. The maximum Gasteiger partial charge on any atom is 0.274 e. The molecule has 1 saturated heterocycles. The van der Waals surface area contributed by atoms with Crippen LogP contribution in [0.3, 0.4) is 0 Å². The summed E-state index contributed by atoms with van der Waals surface area (Å²) in [5, 5.41) is 7.27.